The number of aryl methyl sites for hydroxylation is 1. The number of nitrogens with two attached hydrogens (primary N) is 1. The highest BCUT2D eigenvalue weighted by Crippen LogP contribution is 2.27. The van der Waals surface area contributed by atoms with Crippen LogP contribution in [0.2, 0.25) is 0 Å². The van der Waals surface area contributed by atoms with Crippen LogP contribution in [-0.4, -0.2) is 0 Å². The van der Waals surface area contributed by atoms with Gasteiger partial charge in [-0.1, -0.05) is 15.9 Å². The van der Waals surface area contributed by atoms with Crippen LogP contribution >= 0.6 is 15.9 Å². The SMILES string of the molecule is Cc1cc(F)cc(Nc2cc(Br)ccc2N)c1. The summed E-state index contributed by atoms with van der Waals surface area (Å²) in [4.78, 5) is 0. The third-order valence-corrected chi connectivity index (χ3v) is 2.83. The second kappa shape index (κ2) is 4.75. The van der Waals surface area contributed by atoms with E-state index >= 15 is 0 Å². The van der Waals surface area contributed by atoms with E-state index in [1.54, 1.807) is 6.07 Å². The molecule has 0 amide bonds. The van der Waals surface area contributed by atoms with Gasteiger partial charge < -0.3 is 11.1 Å². The second-order valence-electron chi connectivity index (χ2n) is 3.87. The number of benzene rings is 2. The first-order chi connectivity index (χ1) is 8.04. The molecular weight excluding hydrogens is 283 g/mol. The molecule has 0 atom stereocenters. The van der Waals surface area contributed by atoms with E-state index in [2.05, 4.69) is 21.2 Å². The molecule has 0 aromatic heterocycles. The molecule has 2 nitrogen and oxygen atoms in total. The summed E-state index contributed by atoms with van der Waals surface area (Å²) in [5, 5.41) is 3.10. The average molecular weight is 295 g/mol. The molecule has 0 saturated heterocycles. The Hall–Kier alpha value is -1.55. The summed E-state index contributed by atoms with van der Waals surface area (Å²) in [5.41, 5.74) is 8.76. The van der Waals surface area contributed by atoms with Gasteiger partial charge in [0.05, 0.1) is 11.4 Å². The first-order valence-electron chi connectivity index (χ1n) is 5.14. The van der Waals surface area contributed by atoms with E-state index in [0.29, 0.717) is 11.4 Å². The van der Waals surface area contributed by atoms with Gasteiger partial charge in [0.25, 0.3) is 0 Å². The van der Waals surface area contributed by atoms with Crippen molar-refractivity contribution >= 4 is 33.0 Å². The lowest BCUT2D eigenvalue weighted by Gasteiger charge is -2.10. The molecule has 2 rings (SSSR count). The lowest BCUT2D eigenvalue weighted by Crippen LogP contribution is -1.97. The van der Waals surface area contributed by atoms with Crippen LogP contribution in [0.25, 0.3) is 0 Å². The predicted molar refractivity (Wildman–Crippen MR) is 73.0 cm³/mol. The summed E-state index contributed by atoms with van der Waals surface area (Å²) in [7, 11) is 0. The van der Waals surface area contributed by atoms with Crippen LogP contribution in [0.5, 0.6) is 0 Å². The van der Waals surface area contributed by atoms with Gasteiger partial charge in [-0.05, 0) is 48.9 Å². The van der Waals surface area contributed by atoms with Gasteiger partial charge in [-0.2, -0.15) is 0 Å². The quantitative estimate of drug-likeness (QED) is 0.814. The Morgan fingerprint density at radius 1 is 1.18 bits per heavy atom. The third kappa shape index (κ3) is 2.97. The topological polar surface area (TPSA) is 38.0 Å². The zero-order valence-electron chi connectivity index (χ0n) is 9.30. The average Bonchev–Trinajstić information content (AvgIpc) is 2.22. The molecule has 2 aromatic carbocycles. The molecule has 17 heavy (non-hydrogen) atoms. The van der Waals surface area contributed by atoms with Crippen LogP contribution in [-0.2, 0) is 0 Å². The predicted octanol–water partition coefficient (Wildman–Crippen LogP) is 4.22. The monoisotopic (exact) mass is 294 g/mol. The van der Waals surface area contributed by atoms with E-state index in [1.165, 1.54) is 12.1 Å². The van der Waals surface area contributed by atoms with Gasteiger partial charge in [0.2, 0.25) is 0 Å². The maximum Gasteiger partial charge on any atom is 0.125 e. The fraction of sp³-hybridized carbons (Fsp3) is 0.0769. The lowest BCUT2D eigenvalue weighted by molar-refractivity contribution is 0.627. The van der Waals surface area contributed by atoms with Crippen molar-refractivity contribution in [1.82, 2.24) is 0 Å². The molecule has 2 aromatic rings. The Morgan fingerprint density at radius 3 is 2.65 bits per heavy atom. The first kappa shape index (κ1) is 11.9. The maximum atomic E-state index is 13.2. The van der Waals surface area contributed by atoms with Crippen LogP contribution in [0.1, 0.15) is 5.56 Å². The van der Waals surface area contributed by atoms with Gasteiger partial charge in [-0.15, -0.1) is 0 Å². The maximum absolute atomic E-state index is 13.2. The molecule has 0 spiro atoms. The minimum absolute atomic E-state index is 0.263. The molecule has 0 fully saturated rings. The molecule has 0 unspecified atom stereocenters. The highest BCUT2D eigenvalue weighted by molar-refractivity contribution is 9.10. The fourth-order valence-electron chi connectivity index (χ4n) is 1.60. The largest absolute Gasteiger partial charge is 0.397 e. The van der Waals surface area contributed by atoms with E-state index in [-0.39, 0.29) is 5.82 Å². The normalized spacial score (nSPS) is 10.3. The van der Waals surface area contributed by atoms with Crippen molar-refractivity contribution in [3.8, 4) is 0 Å². The molecule has 3 N–H and O–H groups in total. The number of rotatable bonds is 2. The fourth-order valence-corrected chi connectivity index (χ4v) is 1.96. The van der Waals surface area contributed by atoms with Crippen molar-refractivity contribution in [3.63, 3.8) is 0 Å². The highest BCUT2D eigenvalue weighted by atomic mass is 79.9. The molecule has 0 aliphatic carbocycles. The number of hydrogen-bond acceptors (Lipinski definition) is 2. The summed E-state index contributed by atoms with van der Waals surface area (Å²) in [6.45, 7) is 1.85. The molecule has 4 heteroatoms. The molecule has 0 aliphatic rings. The summed E-state index contributed by atoms with van der Waals surface area (Å²) in [5.74, 6) is -0.263. The number of anilines is 3. The van der Waals surface area contributed by atoms with Gasteiger partial charge >= 0.3 is 0 Å². The Balaban J connectivity index is 2.34. The van der Waals surface area contributed by atoms with Gasteiger partial charge in [0.1, 0.15) is 5.82 Å². The van der Waals surface area contributed by atoms with Crippen LogP contribution in [0.3, 0.4) is 0 Å². The Bertz CT molecular complexity index is 535. The highest BCUT2D eigenvalue weighted by Gasteiger charge is 2.02. The number of hydrogen-bond donors (Lipinski definition) is 2. The van der Waals surface area contributed by atoms with Gasteiger partial charge in [-0.25, -0.2) is 4.39 Å². The van der Waals surface area contributed by atoms with Crippen LogP contribution in [0, 0.1) is 12.7 Å². The second-order valence-corrected chi connectivity index (χ2v) is 4.79. The van der Waals surface area contributed by atoms with E-state index in [0.717, 1.165) is 15.7 Å². The van der Waals surface area contributed by atoms with Crippen molar-refractivity contribution in [2.45, 2.75) is 6.92 Å². The van der Waals surface area contributed by atoms with Crippen LogP contribution in [0.15, 0.2) is 40.9 Å². The van der Waals surface area contributed by atoms with E-state index in [4.69, 9.17) is 5.73 Å². The van der Waals surface area contributed by atoms with E-state index in [9.17, 15) is 4.39 Å². The molecule has 0 radical (unpaired) electrons. The summed E-state index contributed by atoms with van der Waals surface area (Å²) < 4.78 is 14.1. The Morgan fingerprint density at radius 2 is 1.94 bits per heavy atom. The van der Waals surface area contributed by atoms with Gasteiger partial charge in [0.15, 0.2) is 0 Å². The summed E-state index contributed by atoms with van der Waals surface area (Å²) in [6.07, 6.45) is 0. The van der Waals surface area contributed by atoms with Crippen molar-refractivity contribution in [2.75, 3.05) is 11.1 Å². The number of nitrogen functional groups attached to an aromatic ring is 1. The molecule has 0 aliphatic heterocycles. The zero-order valence-corrected chi connectivity index (χ0v) is 10.9. The Kier molecular flexibility index (Phi) is 3.33. The lowest BCUT2D eigenvalue weighted by atomic mass is 10.2. The standard InChI is InChI=1S/C13H12BrFN2/c1-8-4-10(15)7-11(5-8)17-13-6-9(14)2-3-12(13)16/h2-7,17H,16H2,1H3. The van der Waals surface area contributed by atoms with Crippen molar-refractivity contribution in [2.24, 2.45) is 0 Å². The van der Waals surface area contributed by atoms with Gasteiger partial charge in [-0.3, -0.25) is 0 Å². The van der Waals surface area contributed by atoms with Crippen LogP contribution in [0.4, 0.5) is 21.5 Å². The minimum Gasteiger partial charge on any atom is -0.397 e. The molecule has 0 saturated carbocycles. The van der Waals surface area contributed by atoms with Crippen molar-refractivity contribution in [1.29, 1.82) is 0 Å². The van der Waals surface area contributed by atoms with Crippen LogP contribution < -0.4 is 11.1 Å². The van der Waals surface area contributed by atoms with E-state index < -0.39 is 0 Å². The number of nitrogens with one attached hydrogen (secondary N) is 1. The van der Waals surface area contributed by atoms with E-state index in [1.807, 2.05) is 25.1 Å². The Labute approximate surface area is 108 Å². The minimum atomic E-state index is -0.263. The molecule has 0 bridgehead atoms. The summed E-state index contributed by atoms with van der Waals surface area (Å²) >= 11 is 3.37. The van der Waals surface area contributed by atoms with Crippen molar-refractivity contribution < 1.29 is 4.39 Å². The number of halogens is 2. The third-order valence-electron chi connectivity index (χ3n) is 2.34. The van der Waals surface area contributed by atoms with Gasteiger partial charge in [0, 0.05) is 10.2 Å². The molecular formula is C13H12BrFN2. The zero-order chi connectivity index (χ0) is 12.4. The molecule has 88 valence electrons. The van der Waals surface area contributed by atoms with Crippen molar-refractivity contribution in [3.05, 3.63) is 52.3 Å². The molecule has 0 heterocycles. The first-order valence-corrected chi connectivity index (χ1v) is 5.93. The smallest absolute Gasteiger partial charge is 0.125 e. The summed E-state index contributed by atoms with van der Waals surface area (Å²) in [6, 6.07) is 10.3.